The van der Waals surface area contributed by atoms with Crippen molar-refractivity contribution in [2.24, 2.45) is 0 Å². The topological polar surface area (TPSA) is 32.3 Å². The van der Waals surface area contributed by atoms with Crippen molar-refractivity contribution in [3.8, 4) is 0 Å². The smallest absolute Gasteiger partial charge is 0.308 e. The first-order chi connectivity index (χ1) is 13.1. The van der Waals surface area contributed by atoms with Crippen molar-refractivity contribution in [1.82, 2.24) is 4.90 Å². The van der Waals surface area contributed by atoms with Gasteiger partial charge in [-0.15, -0.1) is 11.8 Å². The molecule has 0 aromatic heterocycles. The molecule has 28 heavy (non-hydrogen) atoms. The highest BCUT2D eigenvalue weighted by atomic mass is 32.2. The summed E-state index contributed by atoms with van der Waals surface area (Å²) in [4.78, 5) is 14.4. The Hall–Kier alpha value is -2.15. The summed E-state index contributed by atoms with van der Waals surface area (Å²) in [6, 6.07) is 12.4. The molecule has 0 aliphatic carbocycles. The number of nitrogens with one attached hydrogen (secondary N) is 1. The molecule has 150 valence electrons. The van der Waals surface area contributed by atoms with Gasteiger partial charge in [0.05, 0.1) is 5.56 Å². The van der Waals surface area contributed by atoms with E-state index < -0.39 is 11.7 Å². The number of carbonyl (C=O) groups is 1. The van der Waals surface area contributed by atoms with Crippen LogP contribution in [0, 0.1) is 0 Å². The van der Waals surface area contributed by atoms with E-state index in [2.05, 4.69) is 38.2 Å². The molecule has 7 heteroatoms. The fraction of sp³-hybridized carbons (Fsp3) is 0.381. The van der Waals surface area contributed by atoms with E-state index in [9.17, 15) is 18.0 Å². The van der Waals surface area contributed by atoms with Crippen molar-refractivity contribution in [2.45, 2.75) is 37.7 Å². The summed E-state index contributed by atoms with van der Waals surface area (Å²) in [5, 5.41) is 2.60. The van der Waals surface area contributed by atoms with E-state index in [0.717, 1.165) is 23.4 Å². The average molecular weight is 408 g/mol. The minimum absolute atomic E-state index is 0.0565. The Morgan fingerprint density at radius 2 is 1.57 bits per heavy atom. The second-order valence-corrected chi connectivity index (χ2v) is 8.98. The van der Waals surface area contributed by atoms with E-state index in [0.29, 0.717) is 12.2 Å². The van der Waals surface area contributed by atoms with Gasteiger partial charge < -0.3 is 10.2 Å². The van der Waals surface area contributed by atoms with Gasteiger partial charge in [-0.3, -0.25) is 0 Å². The number of amides is 2. The number of hydrogen-bond donors (Lipinski definition) is 1. The Morgan fingerprint density at radius 1 is 1.00 bits per heavy atom. The summed E-state index contributed by atoms with van der Waals surface area (Å²) < 4.78 is 38.0. The van der Waals surface area contributed by atoms with E-state index in [1.807, 2.05) is 12.1 Å². The van der Waals surface area contributed by atoms with Gasteiger partial charge in [-0.25, -0.2) is 4.79 Å². The number of anilines is 1. The number of alkyl halides is 3. The van der Waals surface area contributed by atoms with Crippen LogP contribution < -0.4 is 5.32 Å². The number of thioether (sulfide) groups is 1. The quantitative estimate of drug-likeness (QED) is 0.634. The molecule has 1 aliphatic heterocycles. The van der Waals surface area contributed by atoms with Crippen LogP contribution in [0.5, 0.6) is 0 Å². The van der Waals surface area contributed by atoms with Crippen LogP contribution in [0.4, 0.5) is 23.7 Å². The molecule has 2 amide bonds. The monoisotopic (exact) mass is 408 g/mol. The van der Waals surface area contributed by atoms with Crippen LogP contribution in [-0.4, -0.2) is 23.2 Å². The molecule has 1 heterocycles. The van der Waals surface area contributed by atoms with E-state index in [4.69, 9.17) is 0 Å². The molecule has 1 N–H and O–H groups in total. The molecule has 0 spiro atoms. The van der Waals surface area contributed by atoms with Crippen LogP contribution in [0.25, 0.3) is 0 Å². The van der Waals surface area contributed by atoms with Gasteiger partial charge in [0, 0.05) is 18.0 Å². The molecule has 3 rings (SSSR count). The first kappa shape index (κ1) is 20.6. The SMILES string of the molecule is CC(C)(C)c1ccc([C@H]2SCCN2C(=O)Nc2ccc(C(F)(F)F)cc2)cc1. The van der Waals surface area contributed by atoms with Crippen molar-refractivity contribution in [1.29, 1.82) is 0 Å². The first-order valence-corrected chi connectivity index (χ1v) is 10.1. The third kappa shape index (κ3) is 4.63. The largest absolute Gasteiger partial charge is 0.416 e. The molecule has 3 nitrogen and oxygen atoms in total. The third-order valence-electron chi connectivity index (χ3n) is 4.68. The van der Waals surface area contributed by atoms with Gasteiger partial charge in [-0.1, -0.05) is 45.0 Å². The molecule has 1 saturated heterocycles. The van der Waals surface area contributed by atoms with Crippen LogP contribution in [0.1, 0.15) is 42.8 Å². The summed E-state index contributed by atoms with van der Waals surface area (Å²) in [5.74, 6) is 0.812. The predicted molar refractivity (Wildman–Crippen MR) is 108 cm³/mol. The maximum absolute atomic E-state index is 12.7. The molecule has 0 bridgehead atoms. The number of nitrogens with zero attached hydrogens (tertiary/aromatic N) is 1. The summed E-state index contributed by atoms with van der Waals surface area (Å²) in [6.07, 6.45) is -4.39. The van der Waals surface area contributed by atoms with Crippen LogP contribution in [-0.2, 0) is 11.6 Å². The summed E-state index contributed by atoms with van der Waals surface area (Å²) in [5.41, 5.74) is 1.93. The van der Waals surface area contributed by atoms with E-state index in [1.165, 1.54) is 17.7 Å². The minimum Gasteiger partial charge on any atom is -0.308 e. The lowest BCUT2D eigenvalue weighted by Gasteiger charge is -2.25. The number of halogens is 3. The zero-order chi connectivity index (χ0) is 20.5. The normalized spacial score (nSPS) is 17.6. The van der Waals surface area contributed by atoms with Gasteiger partial charge >= 0.3 is 12.2 Å². The molecular formula is C21H23F3N2OS. The fourth-order valence-corrected chi connectivity index (χ4v) is 4.30. The van der Waals surface area contributed by atoms with E-state index in [-0.39, 0.29) is 16.8 Å². The zero-order valence-electron chi connectivity index (χ0n) is 16.0. The standard InChI is InChI=1S/C21H23F3N2OS/c1-20(2,3)15-6-4-14(5-7-15)18-26(12-13-28-18)19(27)25-17-10-8-16(9-11-17)21(22,23)24/h4-11,18H,12-13H2,1-3H3,(H,25,27)/t18-/m1/s1. The van der Waals surface area contributed by atoms with Crippen molar-refractivity contribution in [3.05, 3.63) is 65.2 Å². The Bertz CT molecular complexity index is 827. The molecule has 0 unspecified atom stereocenters. The van der Waals surface area contributed by atoms with Gasteiger partial charge in [0.25, 0.3) is 0 Å². The molecule has 0 saturated carbocycles. The lowest BCUT2D eigenvalue weighted by atomic mass is 9.87. The minimum atomic E-state index is -4.39. The highest BCUT2D eigenvalue weighted by Gasteiger charge is 2.32. The third-order valence-corrected chi connectivity index (χ3v) is 5.94. The molecular weight excluding hydrogens is 385 g/mol. The Balaban J connectivity index is 1.71. The van der Waals surface area contributed by atoms with Gasteiger partial charge in [0.15, 0.2) is 0 Å². The molecule has 1 fully saturated rings. The number of benzene rings is 2. The maximum Gasteiger partial charge on any atom is 0.416 e. The number of hydrogen-bond acceptors (Lipinski definition) is 2. The van der Waals surface area contributed by atoms with Gasteiger partial charge in [-0.05, 0) is 40.8 Å². The van der Waals surface area contributed by atoms with Crippen molar-refractivity contribution in [3.63, 3.8) is 0 Å². The molecule has 1 atom stereocenters. The summed E-state index contributed by atoms with van der Waals surface area (Å²) >= 11 is 1.68. The number of urea groups is 1. The van der Waals surface area contributed by atoms with Crippen molar-refractivity contribution >= 4 is 23.5 Å². The second kappa shape index (κ2) is 7.70. The maximum atomic E-state index is 12.7. The van der Waals surface area contributed by atoms with Gasteiger partial charge in [-0.2, -0.15) is 13.2 Å². The number of rotatable bonds is 2. The van der Waals surface area contributed by atoms with Crippen LogP contribution in [0.15, 0.2) is 48.5 Å². The molecule has 1 aliphatic rings. The van der Waals surface area contributed by atoms with Crippen LogP contribution in [0.2, 0.25) is 0 Å². The molecule has 2 aromatic rings. The van der Waals surface area contributed by atoms with Crippen LogP contribution >= 0.6 is 11.8 Å². The lowest BCUT2D eigenvalue weighted by molar-refractivity contribution is -0.137. The van der Waals surface area contributed by atoms with E-state index in [1.54, 1.807) is 16.7 Å². The second-order valence-electron chi connectivity index (χ2n) is 7.79. The molecule has 0 radical (unpaired) electrons. The lowest BCUT2D eigenvalue weighted by Crippen LogP contribution is -2.34. The van der Waals surface area contributed by atoms with Crippen molar-refractivity contribution in [2.75, 3.05) is 17.6 Å². The first-order valence-electron chi connectivity index (χ1n) is 9.02. The Kier molecular flexibility index (Phi) is 5.66. The average Bonchev–Trinajstić information content (AvgIpc) is 3.10. The Morgan fingerprint density at radius 3 is 2.11 bits per heavy atom. The fourth-order valence-electron chi connectivity index (χ4n) is 3.04. The predicted octanol–water partition coefficient (Wildman–Crippen LogP) is 6.28. The number of carbonyl (C=O) groups excluding carboxylic acids is 1. The van der Waals surface area contributed by atoms with Crippen molar-refractivity contribution < 1.29 is 18.0 Å². The van der Waals surface area contributed by atoms with Gasteiger partial charge in [0.1, 0.15) is 5.37 Å². The van der Waals surface area contributed by atoms with Crippen LogP contribution in [0.3, 0.4) is 0 Å². The zero-order valence-corrected chi connectivity index (χ0v) is 16.8. The summed E-state index contributed by atoms with van der Waals surface area (Å²) in [7, 11) is 0. The highest BCUT2D eigenvalue weighted by Crippen LogP contribution is 2.39. The van der Waals surface area contributed by atoms with E-state index >= 15 is 0 Å². The molecule has 2 aromatic carbocycles. The summed E-state index contributed by atoms with van der Waals surface area (Å²) in [6.45, 7) is 7.03. The highest BCUT2D eigenvalue weighted by molar-refractivity contribution is 7.99. The Labute approximate surface area is 167 Å². The van der Waals surface area contributed by atoms with Gasteiger partial charge in [0.2, 0.25) is 0 Å².